The Morgan fingerprint density at radius 3 is 2.62 bits per heavy atom. The number of nitrogens with zero attached hydrogens (tertiary/aromatic N) is 3. The number of aryl methyl sites for hydroxylation is 2. The molecule has 1 heterocycles. The molecule has 1 aromatic heterocycles. The highest BCUT2D eigenvalue weighted by Crippen LogP contribution is 1.99. The molecule has 0 spiro atoms. The van der Waals surface area contributed by atoms with E-state index >= 15 is 0 Å². The van der Waals surface area contributed by atoms with Crippen LogP contribution < -0.4 is 5.32 Å². The average molecular weight is 222 g/mol. The predicted molar refractivity (Wildman–Crippen MR) is 62.4 cm³/mol. The summed E-state index contributed by atoms with van der Waals surface area (Å²) in [7, 11) is 3.93. The van der Waals surface area contributed by atoms with Crippen LogP contribution in [0.15, 0.2) is 6.07 Å². The Bertz CT molecular complexity index is 356. The highest BCUT2D eigenvalue weighted by molar-refractivity contribution is 5.92. The van der Waals surface area contributed by atoms with Crippen LogP contribution in [0.25, 0.3) is 0 Å². The fourth-order valence-corrected chi connectivity index (χ4v) is 1.32. The van der Waals surface area contributed by atoms with E-state index in [1.54, 1.807) is 13.0 Å². The van der Waals surface area contributed by atoms with E-state index in [4.69, 9.17) is 0 Å². The number of amides is 1. The van der Waals surface area contributed by atoms with Gasteiger partial charge in [-0.2, -0.15) is 0 Å². The van der Waals surface area contributed by atoms with E-state index in [2.05, 4.69) is 15.3 Å². The third-order valence-corrected chi connectivity index (χ3v) is 2.04. The second-order valence-electron chi connectivity index (χ2n) is 4.00. The maximum Gasteiger partial charge on any atom is 0.270 e. The molecule has 0 fully saturated rings. The molecule has 0 aliphatic heterocycles. The van der Waals surface area contributed by atoms with E-state index < -0.39 is 0 Å². The molecule has 0 atom stereocenters. The van der Waals surface area contributed by atoms with Gasteiger partial charge in [-0.05, 0) is 34.0 Å². The van der Waals surface area contributed by atoms with Gasteiger partial charge in [-0.1, -0.05) is 0 Å². The molecule has 0 aromatic carbocycles. The van der Waals surface area contributed by atoms with Gasteiger partial charge in [-0.25, -0.2) is 9.97 Å². The number of hydrogen-bond donors (Lipinski definition) is 1. The van der Waals surface area contributed by atoms with Crippen molar-refractivity contribution in [1.82, 2.24) is 20.2 Å². The first-order chi connectivity index (χ1) is 7.49. The van der Waals surface area contributed by atoms with Crippen LogP contribution in [-0.4, -0.2) is 48.0 Å². The number of carbonyl (C=O) groups is 1. The van der Waals surface area contributed by atoms with Gasteiger partial charge in [0.05, 0.1) is 0 Å². The third kappa shape index (κ3) is 3.94. The summed E-state index contributed by atoms with van der Waals surface area (Å²) >= 11 is 0. The Balaban J connectivity index is 2.59. The summed E-state index contributed by atoms with van der Waals surface area (Å²) in [5.74, 6) is 0.480. The number of likely N-dealkylation sites (N-methyl/N-ethyl adjacent to an activating group) is 1. The first kappa shape index (κ1) is 12.6. The normalized spacial score (nSPS) is 10.6. The summed E-state index contributed by atoms with van der Waals surface area (Å²) < 4.78 is 0. The lowest BCUT2D eigenvalue weighted by Gasteiger charge is -2.10. The van der Waals surface area contributed by atoms with Crippen molar-refractivity contribution in [2.75, 3.05) is 27.2 Å². The fraction of sp³-hybridized carbons (Fsp3) is 0.545. The van der Waals surface area contributed by atoms with Gasteiger partial charge in [0.25, 0.3) is 5.91 Å². The molecule has 0 aliphatic carbocycles. The van der Waals surface area contributed by atoms with E-state index in [0.717, 1.165) is 12.2 Å². The van der Waals surface area contributed by atoms with Gasteiger partial charge in [0, 0.05) is 18.8 Å². The first-order valence-electron chi connectivity index (χ1n) is 5.24. The second-order valence-corrected chi connectivity index (χ2v) is 4.00. The van der Waals surface area contributed by atoms with Crippen molar-refractivity contribution in [2.45, 2.75) is 13.8 Å². The Morgan fingerprint density at radius 2 is 2.06 bits per heavy atom. The minimum absolute atomic E-state index is 0.143. The molecule has 1 amide bonds. The molecule has 88 valence electrons. The first-order valence-corrected chi connectivity index (χ1v) is 5.24. The minimum Gasteiger partial charge on any atom is -0.349 e. The number of rotatable bonds is 4. The maximum absolute atomic E-state index is 11.7. The SMILES string of the molecule is Cc1cc(C(=O)NCCN(C)C)nc(C)n1. The van der Waals surface area contributed by atoms with Gasteiger partial charge in [-0.3, -0.25) is 4.79 Å². The topological polar surface area (TPSA) is 58.1 Å². The molecule has 0 unspecified atom stereocenters. The molecule has 5 nitrogen and oxygen atoms in total. The second kappa shape index (κ2) is 5.55. The molecule has 16 heavy (non-hydrogen) atoms. The Kier molecular flexibility index (Phi) is 4.37. The van der Waals surface area contributed by atoms with Crippen molar-refractivity contribution in [2.24, 2.45) is 0 Å². The molecule has 1 aromatic rings. The predicted octanol–water partition coefficient (Wildman–Crippen LogP) is 0.385. The van der Waals surface area contributed by atoms with Gasteiger partial charge in [0.15, 0.2) is 0 Å². The quantitative estimate of drug-likeness (QED) is 0.800. The van der Waals surface area contributed by atoms with Crippen molar-refractivity contribution >= 4 is 5.91 Å². The van der Waals surface area contributed by atoms with Crippen LogP contribution in [0.1, 0.15) is 22.0 Å². The summed E-state index contributed by atoms with van der Waals surface area (Å²) in [6, 6.07) is 1.69. The summed E-state index contributed by atoms with van der Waals surface area (Å²) in [6.45, 7) is 5.07. The van der Waals surface area contributed by atoms with E-state index in [-0.39, 0.29) is 5.91 Å². The standard InChI is InChI=1S/C11H18N4O/c1-8-7-10(14-9(2)13-8)11(16)12-5-6-15(3)4/h7H,5-6H2,1-4H3,(H,12,16). The van der Waals surface area contributed by atoms with Crippen LogP contribution in [0.4, 0.5) is 0 Å². The van der Waals surface area contributed by atoms with Gasteiger partial charge in [0.1, 0.15) is 11.5 Å². The highest BCUT2D eigenvalue weighted by atomic mass is 16.1. The summed E-state index contributed by atoms with van der Waals surface area (Å²) in [4.78, 5) is 21.9. The zero-order chi connectivity index (χ0) is 12.1. The molecule has 5 heteroatoms. The maximum atomic E-state index is 11.7. The number of nitrogens with one attached hydrogen (secondary N) is 1. The van der Waals surface area contributed by atoms with Gasteiger partial charge < -0.3 is 10.2 Å². The van der Waals surface area contributed by atoms with Crippen LogP contribution in [0.3, 0.4) is 0 Å². The van der Waals surface area contributed by atoms with Crippen molar-refractivity contribution < 1.29 is 4.79 Å². The fourth-order valence-electron chi connectivity index (χ4n) is 1.32. The Hall–Kier alpha value is -1.49. The molecular weight excluding hydrogens is 204 g/mol. The number of aromatic nitrogens is 2. The van der Waals surface area contributed by atoms with Crippen molar-refractivity contribution in [3.63, 3.8) is 0 Å². The molecule has 0 saturated carbocycles. The molecule has 0 aliphatic rings. The number of carbonyl (C=O) groups excluding carboxylic acids is 1. The van der Waals surface area contributed by atoms with Crippen LogP contribution in [0.5, 0.6) is 0 Å². The molecule has 0 saturated heterocycles. The molecule has 1 rings (SSSR count). The van der Waals surface area contributed by atoms with Crippen LogP contribution in [0, 0.1) is 13.8 Å². The lowest BCUT2D eigenvalue weighted by atomic mass is 10.3. The molecular formula is C11H18N4O. The zero-order valence-electron chi connectivity index (χ0n) is 10.2. The monoisotopic (exact) mass is 222 g/mol. The Morgan fingerprint density at radius 1 is 1.38 bits per heavy atom. The smallest absolute Gasteiger partial charge is 0.270 e. The van der Waals surface area contributed by atoms with Gasteiger partial charge >= 0.3 is 0 Å². The summed E-state index contributed by atoms with van der Waals surface area (Å²) in [5.41, 5.74) is 1.24. The van der Waals surface area contributed by atoms with E-state index in [0.29, 0.717) is 18.1 Å². The van der Waals surface area contributed by atoms with Crippen molar-refractivity contribution in [3.05, 3.63) is 23.3 Å². The highest BCUT2D eigenvalue weighted by Gasteiger charge is 2.08. The van der Waals surface area contributed by atoms with Crippen LogP contribution in [-0.2, 0) is 0 Å². The average Bonchev–Trinajstić information content (AvgIpc) is 2.15. The summed E-state index contributed by atoms with van der Waals surface area (Å²) in [5, 5.41) is 2.81. The van der Waals surface area contributed by atoms with Gasteiger partial charge in [0.2, 0.25) is 0 Å². The van der Waals surface area contributed by atoms with E-state index in [9.17, 15) is 4.79 Å². The molecule has 0 radical (unpaired) electrons. The minimum atomic E-state index is -0.143. The zero-order valence-corrected chi connectivity index (χ0v) is 10.2. The van der Waals surface area contributed by atoms with E-state index in [1.807, 2.05) is 25.9 Å². The summed E-state index contributed by atoms with van der Waals surface area (Å²) in [6.07, 6.45) is 0. The molecule has 1 N–H and O–H groups in total. The van der Waals surface area contributed by atoms with Crippen LogP contribution in [0.2, 0.25) is 0 Å². The number of hydrogen-bond acceptors (Lipinski definition) is 4. The lowest BCUT2D eigenvalue weighted by molar-refractivity contribution is 0.0945. The molecule has 0 bridgehead atoms. The van der Waals surface area contributed by atoms with Crippen molar-refractivity contribution in [1.29, 1.82) is 0 Å². The third-order valence-electron chi connectivity index (χ3n) is 2.04. The van der Waals surface area contributed by atoms with Gasteiger partial charge in [-0.15, -0.1) is 0 Å². The van der Waals surface area contributed by atoms with Crippen LogP contribution >= 0.6 is 0 Å². The lowest BCUT2D eigenvalue weighted by Crippen LogP contribution is -2.32. The van der Waals surface area contributed by atoms with E-state index in [1.165, 1.54) is 0 Å². The Labute approximate surface area is 95.9 Å². The van der Waals surface area contributed by atoms with Crippen molar-refractivity contribution in [3.8, 4) is 0 Å². The largest absolute Gasteiger partial charge is 0.349 e.